The third-order valence-corrected chi connectivity index (χ3v) is 3.39. The molecule has 0 aliphatic rings. The van der Waals surface area contributed by atoms with Crippen LogP contribution in [0, 0.1) is 6.92 Å². The van der Waals surface area contributed by atoms with E-state index in [0.717, 1.165) is 11.3 Å². The van der Waals surface area contributed by atoms with Crippen molar-refractivity contribution in [3.8, 4) is 0 Å². The zero-order valence-electron chi connectivity index (χ0n) is 11.8. The number of carbonyl (C=O) groups excluding carboxylic acids is 1. The van der Waals surface area contributed by atoms with Crippen molar-refractivity contribution in [2.45, 2.75) is 13.3 Å². The number of amidine groups is 1. The maximum absolute atomic E-state index is 11.7. The van der Waals surface area contributed by atoms with Crippen molar-refractivity contribution in [3.05, 3.63) is 58.4 Å². The van der Waals surface area contributed by atoms with Gasteiger partial charge in [-0.15, -0.1) is 0 Å². The van der Waals surface area contributed by atoms with Crippen LogP contribution >= 0.6 is 11.6 Å². The van der Waals surface area contributed by atoms with Crippen molar-refractivity contribution < 1.29 is 9.63 Å². The second-order valence-electron chi connectivity index (χ2n) is 4.66. The minimum Gasteiger partial charge on any atom is -0.379 e. The summed E-state index contributed by atoms with van der Waals surface area (Å²) < 4.78 is 1.87. The van der Waals surface area contributed by atoms with Gasteiger partial charge >= 0.3 is 5.97 Å². The molecule has 110 valence electrons. The van der Waals surface area contributed by atoms with Gasteiger partial charge in [-0.1, -0.05) is 28.9 Å². The number of halogens is 1. The van der Waals surface area contributed by atoms with E-state index in [-0.39, 0.29) is 12.3 Å². The summed E-state index contributed by atoms with van der Waals surface area (Å²) in [5, 5.41) is 4.30. The monoisotopic (exact) mass is 305 g/mol. The fraction of sp³-hybridized carbons (Fsp3) is 0.200. The summed E-state index contributed by atoms with van der Waals surface area (Å²) in [7, 11) is 1.86. The quantitative estimate of drug-likeness (QED) is 0.408. The van der Waals surface area contributed by atoms with Crippen LogP contribution in [-0.2, 0) is 23.1 Å². The molecule has 1 aromatic heterocycles. The number of nitrogens with two attached hydrogens (primary N) is 1. The summed E-state index contributed by atoms with van der Waals surface area (Å²) >= 11 is 5.78. The van der Waals surface area contributed by atoms with Crippen molar-refractivity contribution in [3.63, 3.8) is 0 Å². The topological polar surface area (TPSA) is 69.6 Å². The van der Waals surface area contributed by atoms with Gasteiger partial charge in [0.15, 0.2) is 5.84 Å². The second-order valence-corrected chi connectivity index (χ2v) is 5.10. The largest absolute Gasteiger partial charge is 0.379 e. The molecule has 2 aromatic rings. The average Bonchev–Trinajstić information content (AvgIpc) is 2.79. The molecule has 0 bridgehead atoms. The van der Waals surface area contributed by atoms with E-state index in [1.54, 1.807) is 24.3 Å². The van der Waals surface area contributed by atoms with E-state index in [2.05, 4.69) is 5.16 Å². The summed E-state index contributed by atoms with van der Waals surface area (Å²) in [6.07, 6.45) is 0.111. The highest BCUT2D eigenvalue weighted by Gasteiger charge is 2.08. The van der Waals surface area contributed by atoms with E-state index in [1.807, 2.05) is 30.7 Å². The molecule has 5 nitrogen and oxygen atoms in total. The molecular weight excluding hydrogens is 290 g/mol. The Hall–Kier alpha value is -2.27. The van der Waals surface area contributed by atoms with E-state index < -0.39 is 5.97 Å². The lowest BCUT2D eigenvalue weighted by atomic mass is 10.2. The lowest BCUT2D eigenvalue weighted by Gasteiger charge is -2.04. The Morgan fingerprint density at radius 1 is 1.29 bits per heavy atom. The first-order valence-electron chi connectivity index (χ1n) is 6.38. The molecule has 1 heterocycles. The fourth-order valence-corrected chi connectivity index (χ4v) is 1.94. The Morgan fingerprint density at radius 3 is 2.52 bits per heavy atom. The molecule has 0 radical (unpaired) electrons. The van der Waals surface area contributed by atoms with Gasteiger partial charge in [0.2, 0.25) is 0 Å². The van der Waals surface area contributed by atoms with Gasteiger partial charge in [-0.3, -0.25) is 0 Å². The highest BCUT2D eigenvalue weighted by Crippen LogP contribution is 2.10. The first-order valence-corrected chi connectivity index (χ1v) is 6.75. The predicted octanol–water partition coefficient (Wildman–Crippen LogP) is 2.39. The zero-order valence-corrected chi connectivity index (χ0v) is 12.6. The Kier molecular flexibility index (Phi) is 4.65. The number of hydrogen-bond donors (Lipinski definition) is 1. The van der Waals surface area contributed by atoms with E-state index in [0.29, 0.717) is 10.7 Å². The Bertz CT molecular complexity index is 675. The number of rotatable bonds is 4. The lowest BCUT2D eigenvalue weighted by Crippen LogP contribution is -2.19. The number of benzene rings is 1. The summed E-state index contributed by atoms with van der Waals surface area (Å²) in [6.45, 7) is 1.95. The molecule has 0 aliphatic heterocycles. The second kappa shape index (κ2) is 6.45. The normalized spacial score (nSPS) is 11.5. The zero-order chi connectivity index (χ0) is 15.4. The van der Waals surface area contributed by atoms with Gasteiger partial charge in [0, 0.05) is 17.8 Å². The summed E-state index contributed by atoms with van der Waals surface area (Å²) in [4.78, 5) is 16.5. The molecule has 6 heteroatoms. The van der Waals surface area contributed by atoms with Crippen molar-refractivity contribution in [2.24, 2.45) is 17.9 Å². The van der Waals surface area contributed by atoms with Crippen molar-refractivity contribution in [1.29, 1.82) is 0 Å². The first kappa shape index (κ1) is 15.1. The fourth-order valence-electron chi connectivity index (χ4n) is 1.82. The molecule has 2 N–H and O–H groups in total. The van der Waals surface area contributed by atoms with Crippen LogP contribution in [0.4, 0.5) is 0 Å². The SMILES string of the molecule is Cc1ccc(/C(N)=N/OC(=O)Cc2ccc(Cl)cc2)n1C. The van der Waals surface area contributed by atoms with E-state index >= 15 is 0 Å². The lowest BCUT2D eigenvalue weighted by molar-refractivity contribution is -0.142. The van der Waals surface area contributed by atoms with Crippen LogP contribution in [0.2, 0.25) is 5.02 Å². The molecule has 0 atom stereocenters. The smallest absolute Gasteiger partial charge is 0.339 e. The van der Waals surface area contributed by atoms with E-state index in [4.69, 9.17) is 22.2 Å². The number of hydrogen-bond acceptors (Lipinski definition) is 3. The number of carbonyl (C=O) groups is 1. The van der Waals surface area contributed by atoms with Gasteiger partial charge in [0.05, 0.1) is 12.1 Å². The maximum atomic E-state index is 11.7. The predicted molar refractivity (Wildman–Crippen MR) is 82.1 cm³/mol. The van der Waals surface area contributed by atoms with Crippen molar-refractivity contribution in [2.75, 3.05) is 0 Å². The molecule has 0 saturated carbocycles. The first-order chi connectivity index (χ1) is 9.97. The van der Waals surface area contributed by atoms with Crippen LogP contribution in [0.25, 0.3) is 0 Å². The van der Waals surface area contributed by atoms with Crippen LogP contribution in [0.3, 0.4) is 0 Å². The molecular formula is C15H16ClN3O2. The van der Waals surface area contributed by atoms with Crippen LogP contribution < -0.4 is 5.73 Å². The number of aryl methyl sites for hydroxylation is 1. The van der Waals surface area contributed by atoms with Crippen LogP contribution in [0.15, 0.2) is 41.6 Å². The van der Waals surface area contributed by atoms with Gasteiger partial charge in [-0.25, -0.2) is 4.79 Å². The maximum Gasteiger partial charge on any atom is 0.339 e. The third-order valence-electron chi connectivity index (χ3n) is 3.14. The van der Waals surface area contributed by atoms with Gasteiger partial charge in [-0.05, 0) is 36.8 Å². The third kappa shape index (κ3) is 3.86. The van der Waals surface area contributed by atoms with Gasteiger partial charge < -0.3 is 15.1 Å². The minimum absolute atomic E-state index is 0.111. The standard InChI is InChI=1S/C15H16ClN3O2/c1-10-3-8-13(19(10)2)15(17)18-21-14(20)9-11-4-6-12(16)7-5-11/h3-8H,9H2,1-2H3,(H2,17,18). The van der Waals surface area contributed by atoms with E-state index in [1.165, 1.54) is 0 Å². The molecule has 21 heavy (non-hydrogen) atoms. The van der Waals surface area contributed by atoms with Crippen LogP contribution in [0.1, 0.15) is 17.0 Å². The van der Waals surface area contributed by atoms with Gasteiger partial charge in [-0.2, -0.15) is 0 Å². The summed E-state index contributed by atoms with van der Waals surface area (Å²) in [6, 6.07) is 10.7. The number of nitrogens with zero attached hydrogens (tertiary/aromatic N) is 2. The summed E-state index contributed by atoms with van der Waals surface area (Å²) in [5.41, 5.74) is 8.34. The number of aromatic nitrogens is 1. The molecule has 0 saturated heterocycles. The van der Waals surface area contributed by atoms with Gasteiger partial charge in [0.25, 0.3) is 0 Å². The Morgan fingerprint density at radius 2 is 1.95 bits per heavy atom. The molecule has 0 spiro atoms. The highest BCUT2D eigenvalue weighted by molar-refractivity contribution is 6.30. The molecule has 0 unspecified atom stereocenters. The van der Waals surface area contributed by atoms with Gasteiger partial charge in [0.1, 0.15) is 0 Å². The Labute approximate surface area is 127 Å². The molecule has 0 amide bonds. The Balaban J connectivity index is 1.98. The minimum atomic E-state index is -0.480. The van der Waals surface area contributed by atoms with Crippen LogP contribution in [-0.4, -0.2) is 16.4 Å². The molecule has 2 rings (SSSR count). The molecule has 1 aromatic carbocycles. The van der Waals surface area contributed by atoms with E-state index in [9.17, 15) is 4.79 Å². The molecule has 0 aliphatic carbocycles. The molecule has 0 fully saturated rings. The number of oxime groups is 1. The van der Waals surface area contributed by atoms with Crippen molar-refractivity contribution >= 4 is 23.4 Å². The summed E-state index contributed by atoms with van der Waals surface area (Å²) in [5.74, 6) is -0.318. The average molecular weight is 306 g/mol. The van der Waals surface area contributed by atoms with Crippen LogP contribution in [0.5, 0.6) is 0 Å². The highest BCUT2D eigenvalue weighted by atomic mass is 35.5. The van der Waals surface area contributed by atoms with Crippen molar-refractivity contribution in [1.82, 2.24) is 4.57 Å².